The molecule has 1 aromatic rings. The zero-order chi connectivity index (χ0) is 17.3. The summed E-state index contributed by atoms with van der Waals surface area (Å²) in [5.74, 6) is 0.0671. The first-order valence-electron chi connectivity index (χ1n) is 6.88. The number of nitriles is 1. The minimum absolute atomic E-state index is 0.116. The molecule has 0 saturated heterocycles. The summed E-state index contributed by atoms with van der Waals surface area (Å²) >= 11 is 1.23. The molecule has 1 N–H and O–H groups in total. The highest BCUT2D eigenvalue weighted by atomic mass is 32.2. The Balaban J connectivity index is 2.89. The summed E-state index contributed by atoms with van der Waals surface area (Å²) in [5.41, 5.74) is -0.709. The maximum absolute atomic E-state index is 12.8. The molecule has 0 aromatic heterocycles. The summed E-state index contributed by atoms with van der Waals surface area (Å²) < 4.78 is 43.3. The number of halogens is 3. The Kier molecular flexibility index (Phi) is 7.92. The first kappa shape index (κ1) is 19.3. The van der Waals surface area contributed by atoms with E-state index in [9.17, 15) is 18.0 Å². The minimum Gasteiger partial charge on any atom is -0.385 e. The van der Waals surface area contributed by atoms with Crippen LogP contribution in [0, 0.1) is 11.3 Å². The van der Waals surface area contributed by atoms with Crippen LogP contribution in [0.3, 0.4) is 0 Å². The van der Waals surface area contributed by atoms with E-state index in [0.717, 1.165) is 12.1 Å². The third-order valence-electron chi connectivity index (χ3n) is 2.80. The standard InChI is InChI=1S/C15H17F3N2O2S/c1-22-8-2-4-14(21)20-12-10-11(15(16,17)18)5-6-13(12)23-9-3-7-19/h5-6,10H,2-4,8-9H2,1H3,(H,20,21). The minimum atomic E-state index is -4.48. The van der Waals surface area contributed by atoms with Crippen LogP contribution < -0.4 is 5.32 Å². The van der Waals surface area contributed by atoms with E-state index < -0.39 is 11.7 Å². The van der Waals surface area contributed by atoms with E-state index in [1.807, 2.05) is 6.07 Å². The van der Waals surface area contributed by atoms with Gasteiger partial charge in [0.1, 0.15) is 0 Å². The van der Waals surface area contributed by atoms with Gasteiger partial charge in [0.15, 0.2) is 0 Å². The monoisotopic (exact) mass is 346 g/mol. The van der Waals surface area contributed by atoms with Gasteiger partial charge in [0.05, 0.1) is 17.3 Å². The number of methoxy groups -OCH3 is 1. The second-order valence-electron chi connectivity index (χ2n) is 4.61. The summed E-state index contributed by atoms with van der Waals surface area (Å²) in [6.45, 7) is 0.403. The summed E-state index contributed by atoms with van der Waals surface area (Å²) in [4.78, 5) is 12.3. The number of nitrogens with zero attached hydrogens (tertiary/aromatic N) is 1. The molecule has 0 unspecified atom stereocenters. The van der Waals surface area contributed by atoms with Crippen LogP contribution in [0.5, 0.6) is 0 Å². The van der Waals surface area contributed by atoms with Crippen molar-refractivity contribution < 1.29 is 22.7 Å². The van der Waals surface area contributed by atoms with Gasteiger partial charge in [0, 0.05) is 37.2 Å². The summed E-state index contributed by atoms with van der Waals surface area (Å²) in [7, 11) is 1.51. The molecular formula is C15H17F3N2O2S. The van der Waals surface area contributed by atoms with E-state index in [0.29, 0.717) is 23.7 Å². The van der Waals surface area contributed by atoms with Crippen LogP contribution in [0.4, 0.5) is 18.9 Å². The van der Waals surface area contributed by atoms with Crippen molar-refractivity contribution in [2.45, 2.75) is 30.3 Å². The molecule has 0 aliphatic heterocycles. The summed E-state index contributed by atoms with van der Waals surface area (Å²) in [6, 6.07) is 5.17. The van der Waals surface area contributed by atoms with Gasteiger partial charge >= 0.3 is 6.18 Å². The first-order valence-corrected chi connectivity index (χ1v) is 7.87. The molecule has 1 amide bonds. The molecule has 126 valence electrons. The van der Waals surface area contributed by atoms with Crippen molar-refractivity contribution in [3.63, 3.8) is 0 Å². The number of hydrogen-bond donors (Lipinski definition) is 1. The summed E-state index contributed by atoms with van der Waals surface area (Å²) in [6.07, 6.45) is -3.57. The average Bonchev–Trinajstić information content (AvgIpc) is 2.48. The molecule has 1 aromatic carbocycles. The molecule has 0 heterocycles. The number of hydrogen-bond acceptors (Lipinski definition) is 4. The lowest BCUT2D eigenvalue weighted by atomic mass is 10.2. The normalized spacial score (nSPS) is 11.1. The molecule has 0 aliphatic rings. The van der Waals surface area contributed by atoms with E-state index in [1.54, 1.807) is 0 Å². The highest BCUT2D eigenvalue weighted by Crippen LogP contribution is 2.35. The molecule has 0 fully saturated rings. The molecule has 0 saturated carbocycles. The SMILES string of the molecule is COCCCC(=O)Nc1cc(C(F)(F)F)ccc1SCCC#N. The van der Waals surface area contributed by atoms with Gasteiger partial charge in [0.25, 0.3) is 0 Å². The Hall–Kier alpha value is -1.72. The molecule has 0 aliphatic carbocycles. The molecular weight excluding hydrogens is 329 g/mol. The molecule has 0 radical (unpaired) electrons. The van der Waals surface area contributed by atoms with Gasteiger partial charge in [-0.15, -0.1) is 11.8 Å². The van der Waals surface area contributed by atoms with Crippen LogP contribution >= 0.6 is 11.8 Å². The second-order valence-corrected chi connectivity index (χ2v) is 5.75. The number of benzene rings is 1. The van der Waals surface area contributed by atoms with Crippen molar-refractivity contribution in [1.29, 1.82) is 5.26 Å². The number of amides is 1. The maximum Gasteiger partial charge on any atom is 0.416 e. The Morgan fingerprint density at radius 2 is 2.17 bits per heavy atom. The lowest BCUT2D eigenvalue weighted by Crippen LogP contribution is -2.14. The lowest BCUT2D eigenvalue weighted by molar-refractivity contribution is -0.137. The van der Waals surface area contributed by atoms with E-state index in [1.165, 1.54) is 24.9 Å². The predicted molar refractivity (Wildman–Crippen MR) is 82.1 cm³/mol. The molecule has 4 nitrogen and oxygen atoms in total. The van der Waals surface area contributed by atoms with Crippen molar-refractivity contribution in [1.82, 2.24) is 0 Å². The largest absolute Gasteiger partial charge is 0.416 e. The lowest BCUT2D eigenvalue weighted by Gasteiger charge is -2.14. The zero-order valence-corrected chi connectivity index (χ0v) is 13.4. The number of rotatable bonds is 8. The molecule has 0 atom stereocenters. The number of carbonyl (C=O) groups is 1. The molecule has 23 heavy (non-hydrogen) atoms. The zero-order valence-electron chi connectivity index (χ0n) is 12.6. The molecule has 8 heteroatoms. The average molecular weight is 346 g/mol. The predicted octanol–water partition coefficient (Wildman–Crippen LogP) is 4.08. The van der Waals surface area contributed by atoms with Crippen molar-refractivity contribution in [2.24, 2.45) is 0 Å². The van der Waals surface area contributed by atoms with E-state index >= 15 is 0 Å². The highest BCUT2D eigenvalue weighted by Gasteiger charge is 2.31. The van der Waals surface area contributed by atoms with E-state index in [4.69, 9.17) is 10.00 Å². The number of alkyl halides is 3. The fourth-order valence-electron chi connectivity index (χ4n) is 1.73. The van der Waals surface area contributed by atoms with Crippen molar-refractivity contribution in [3.05, 3.63) is 23.8 Å². The Bertz CT molecular complexity index is 571. The molecule has 1 rings (SSSR count). The number of thioether (sulfide) groups is 1. The van der Waals surface area contributed by atoms with Gasteiger partial charge in [-0.1, -0.05) is 0 Å². The maximum atomic E-state index is 12.8. The Labute approximate surface area is 137 Å². The van der Waals surface area contributed by atoms with E-state index in [2.05, 4.69) is 5.32 Å². The van der Waals surface area contributed by atoms with Gasteiger partial charge in [-0.3, -0.25) is 4.79 Å². The van der Waals surface area contributed by atoms with Crippen molar-refractivity contribution in [3.8, 4) is 6.07 Å². The molecule has 0 spiro atoms. The van der Waals surface area contributed by atoms with Gasteiger partial charge < -0.3 is 10.1 Å². The fraction of sp³-hybridized carbons (Fsp3) is 0.467. The van der Waals surface area contributed by atoms with Crippen LogP contribution in [-0.2, 0) is 15.7 Å². The number of anilines is 1. The van der Waals surface area contributed by atoms with Crippen molar-refractivity contribution >= 4 is 23.4 Å². The molecule has 0 bridgehead atoms. The fourth-order valence-corrected chi connectivity index (χ4v) is 2.57. The van der Waals surface area contributed by atoms with Gasteiger partial charge in [-0.05, 0) is 24.6 Å². The van der Waals surface area contributed by atoms with Gasteiger partial charge in [-0.2, -0.15) is 18.4 Å². The third kappa shape index (κ3) is 6.93. The van der Waals surface area contributed by atoms with Crippen LogP contribution in [0.25, 0.3) is 0 Å². The quantitative estimate of drug-likeness (QED) is 0.569. The number of carbonyl (C=O) groups excluding carboxylic acids is 1. The Morgan fingerprint density at radius 3 is 2.78 bits per heavy atom. The first-order chi connectivity index (χ1) is 10.9. The van der Waals surface area contributed by atoms with E-state index in [-0.39, 0.29) is 24.4 Å². The smallest absolute Gasteiger partial charge is 0.385 e. The second kappa shape index (κ2) is 9.43. The number of ether oxygens (including phenoxy) is 1. The highest BCUT2D eigenvalue weighted by molar-refractivity contribution is 7.99. The van der Waals surface area contributed by atoms with Crippen LogP contribution in [0.1, 0.15) is 24.8 Å². The van der Waals surface area contributed by atoms with Gasteiger partial charge in [-0.25, -0.2) is 0 Å². The van der Waals surface area contributed by atoms with Crippen molar-refractivity contribution in [2.75, 3.05) is 24.8 Å². The number of nitrogens with one attached hydrogen (secondary N) is 1. The van der Waals surface area contributed by atoms with Gasteiger partial charge in [0.2, 0.25) is 5.91 Å². The topological polar surface area (TPSA) is 62.1 Å². The third-order valence-corrected chi connectivity index (χ3v) is 3.88. The Morgan fingerprint density at radius 1 is 1.43 bits per heavy atom. The van der Waals surface area contributed by atoms with Crippen LogP contribution in [0.2, 0.25) is 0 Å². The summed E-state index contributed by atoms with van der Waals surface area (Å²) in [5, 5.41) is 11.0. The van der Waals surface area contributed by atoms with Crippen LogP contribution in [0.15, 0.2) is 23.1 Å². The van der Waals surface area contributed by atoms with Crippen LogP contribution in [-0.4, -0.2) is 25.4 Å².